The minimum Gasteiger partial charge on any atom is -0.451 e. The van der Waals surface area contributed by atoms with Crippen LogP contribution in [-0.4, -0.2) is 37.9 Å². The fraction of sp³-hybridized carbons (Fsp3) is 0.323. The Kier molecular flexibility index (Phi) is 6.22. The van der Waals surface area contributed by atoms with Crippen LogP contribution in [0.1, 0.15) is 55.5 Å². The third-order valence-electron chi connectivity index (χ3n) is 8.22. The molecule has 2 aromatic carbocycles. The molecule has 0 radical (unpaired) electrons. The summed E-state index contributed by atoms with van der Waals surface area (Å²) in [5.41, 5.74) is 0.981. The van der Waals surface area contributed by atoms with Crippen LogP contribution in [0, 0.1) is 24.3 Å². The van der Waals surface area contributed by atoms with Crippen molar-refractivity contribution in [1.82, 2.24) is 20.1 Å². The van der Waals surface area contributed by atoms with Crippen LogP contribution in [0.2, 0.25) is 0 Å². The smallest absolute Gasteiger partial charge is 0.287 e. The second-order valence-corrected chi connectivity index (χ2v) is 10.9. The first-order valence-corrected chi connectivity index (χ1v) is 13.3. The van der Waals surface area contributed by atoms with Crippen LogP contribution in [0.25, 0.3) is 32.6 Å². The Hall–Kier alpha value is -4.83. The van der Waals surface area contributed by atoms with Gasteiger partial charge in [-0.15, -0.1) is 6.42 Å². The number of alkyl halides is 2. The molecule has 1 N–H and O–H groups in total. The number of benzene rings is 2. The molecule has 2 aliphatic rings. The molecule has 206 valence electrons. The SMILES string of the molecule is [C-]#[N+]c1cc(-c2ccc3cc(C(=O)NC4(C(=O)CC5(C#C)CC5)CCC(F)(F)CC4)oc3c2)ccc1-n1cncn1. The van der Waals surface area contributed by atoms with Crippen molar-refractivity contribution in [3.63, 3.8) is 0 Å². The number of rotatable bonds is 7. The van der Waals surface area contributed by atoms with E-state index in [1.54, 1.807) is 30.3 Å². The van der Waals surface area contributed by atoms with Gasteiger partial charge in [0.1, 0.15) is 18.2 Å². The van der Waals surface area contributed by atoms with Gasteiger partial charge in [-0.2, -0.15) is 5.10 Å². The minimum absolute atomic E-state index is 0.0249. The molecule has 41 heavy (non-hydrogen) atoms. The average Bonchev–Trinajstić information content (AvgIpc) is 3.34. The zero-order valence-electron chi connectivity index (χ0n) is 22.0. The highest BCUT2D eigenvalue weighted by Crippen LogP contribution is 2.50. The van der Waals surface area contributed by atoms with Gasteiger partial charge >= 0.3 is 0 Å². The number of halogens is 2. The molecule has 1 amide bonds. The number of nitrogens with zero attached hydrogens (tertiary/aromatic N) is 4. The summed E-state index contributed by atoms with van der Waals surface area (Å²) in [7, 11) is 0. The number of Topliss-reactive ketones (excluding diaryl/α,β-unsaturated/α-hetero) is 1. The first-order chi connectivity index (χ1) is 19.6. The molecule has 2 saturated carbocycles. The number of carbonyl (C=O) groups excluding carboxylic acids is 2. The van der Waals surface area contributed by atoms with Crippen LogP contribution in [0.4, 0.5) is 14.5 Å². The number of hydrogen-bond acceptors (Lipinski definition) is 5. The fourth-order valence-electron chi connectivity index (χ4n) is 5.44. The Labute approximate surface area is 234 Å². The van der Waals surface area contributed by atoms with E-state index in [9.17, 15) is 18.4 Å². The molecule has 2 aliphatic carbocycles. The monoisotopic (exact) mass is 553 g/mol. The van der Waals surface area contributed by atoms with Crippen LogP contribution in [0.5, 0.6) is 0 Å². The number of aromatic nitrogens is 3. The minimum atomic E-state index is -2.88. The number of amides is 1. The van der Waals surface area contributed by atoms with Crippen molar-refractivity contribution in [2.75, 3.05) is 0 Å². The summed E-state index contributed by atoms with van der Waals surface area (Å²) >= 11 is 0. The molecular weight excluding hydrogens is 528 g/mol. The van der Waals surface area contributed by atoms with Crippen LogP contribution in [0.15, 0.2) is 59.5 Å². The van der Waals surface area contributed by atoms with Crippen molar-refractivity contribution in [1.29, 1.82) is 0 Å². The Bertz CT molecular complexity index is 1750. The Morgan fingerprint density at radius 2 is 1.80 bits per heavy atom. The number of ketones is 1. The summed E-state index contributed by atoms with van der Waals surface area (Å²) in [6.45, 7) is 7.59. The summed E-state index contributed by atoms with van der Waals surface area (Å²) in [4.78, 5) is 34.3. The van der Waals surface area contributed by atoms with Gasteiger partial charge < -0.3 is 9.73 Å². The third-order valence-corrected chi connectivity index (χ3v) is 8.22. The van der Waals surface area contributed by atoms with E-state index in [2.05, 4.69) is 26.2 Å². The largest absolute Gasteiger partial charge is 0.451 e. The van der Waals surface area contributed by atoms with E-state index in [1.165, 1.54) is 17.3 Å². The van der Waals surface area contributed by atoms with Crippen LogP contribution in [0.3, 0.4) is 0 Å². The molecule has 0 unspecified atom stereocenters. The number of fused-ring (bicyclic) bond motifs is 1. The van der Waals surface area contributed by atoms with Gasteiger partial charge in [-0.1, -0.05) is 24.1 Å². The molecular formula is C31H25F2N5O3. The van der Waals surface area contributed by atoms with Gasteiger partial charge in [0.2, 0.25) is 11.6 Å². The molecule has 0 saturated heterocycles. The topological polar surface area (TPSA) is 94.4 Å². The van der Waals surface area contributed by atoms with Gasteiger partial charge in [-0.3, -0.25) is 9.59 Å². The van der Waals surface area contributed by atoms with E-state index in [1.807, 2.05) is 12.1 Å². The van der Waals surface area contributed by atoms with Crippen molar-refractivity contribution >= 4 is 28.3 Å². The predicted molar refractivity (Wildman–Crippen MR) is 147 cm³/mol. The fourth-order valence-corrected chi connectivity index (χ4v) is 5.44. The summed E-state index contributed by atoms with van der Waals surface area (Å²) in [5, 5.41) is 7.52. The van der Waals surface area contributed by atoms with Crippen molar-refractivity contribution in [2.24, 2.45) is 5.41 Å². The second kappa shape index (κ2) is 9.67. The van der Waals surface area contributed by atoms with Gasteiger partial charge in [0, 0.05) is 30.1 Å². The molecule has 0 spiro atoms. The zero-order chi connectivity index (χ0) is 28.8. The van der Waals surface area contributed by atoms with Gasteiger partial charge in [-0.25, -0.2) is 23.3 Å². The standard InChI is InChI=1S/C31H25F2N5O3/c1-3-29(8-9-29)17-27(39)30(10-12-31(32,33)13-11-30)37-28(40)26-16-22-5-4-21(15-25(22)41-26)20-6-7-24(23(14-20)34-2)38-19-35-18-36-38/h1,4-7,14-16,18-19H,8-13,17H2,(H,37,40). The molecule has 0 bridgehead atoms. The van der Waals surface area contributed by atoms with E-state index in [0.717, 1.165) is 11.1 Å². The molecule has 2 aromatic heterocycles. The van der Waals surface area contributed by atoms with Crippen molar-refractivity contribution in [3.05, 3.63) is 72.3 Å². The van der Waals surface area contributed by atoms with Crippen molar-refractivity contribution in [3.8, 4) is 29.2 Å². The maximum Gasteiger partial charge on any atom is 0.287 e. The summed E-state index contributed by atoms with van der Waals surface area (Å²) in [6, 6.07) is 12.3. The first-order valence-electron chi connectivity index (χ1n) is 13.3. The zero-order valence-corrected chi connectivity index (χ0v) is 22.0. The third kappa shape index (κ3) is 4.98. The van der Waals surface area contributed by atoms with Crippen molar-refractivity contribution < 1.29 is 22.8 Å². The number of nitrogens with one attached hydrogen (secondary N) is 1. The lowest BCUT2D eigenvalue weighted by Crippen LogP contribution is -2.58. The van der Waals surface area contributed by atoms with E-state index in [0.29, 0.717) is 35.2 Å². The highest BCUT2D eigenvalue weighted by Gasteiger charge is 2.52. The Morgan fingerprint density at radius 3 is 2.46 bits per heavy atom. The Morgan fingerprint density at radius 1 is 1.07 bits per heavy atom. The second-order valence-electron chi connectivity index (χ2n) is 10.9. The number of hydrogen-bond donors (Lipinski definition) is 1. The highest BCUT2D eigenvalue weighted by molar-refractivity contribution is 6.01. The Balaban J connectivity index is 1.26. The van der Waals surface area contributed by atoms with E-state index < -0.39 is 35.6 Å². The predicted octanol–water partition coefficient (Wildman–Crippen LogP) is 6.28. The lowest BCUT2D eigenvalue weighted by molar-refractivity contribution is -0.131. The molecule has 2 fully saturated rings. The summed E-state index contributed by atoms with van der Waals surface area (Å²) < 4.78 is 35.5. The van der Waals surface area contributed by atoms with Gasteiger partial charge in [0.25, 0.3) is 5.91 Å². The number of carbonyl (C=O) groups is 2. The summed E-state index contributed by atoms with van der Waals surface area (Å²) in [5.74, 6) is -1.18. The van der Waals surface area contributed by atoms with Crippen molar-refractivity contribution in [2.45, 2.75) is 56.4 Å². The van der Waals surface area contributed by atoms with Crippen LogP contribution in [-0.2, 0) is 4.79 Å². The number of furan rings is 1. The normalized spacial score (nSPS) is 18.2. The molecule has 0 aliphatic heterocycles. The highest BCUT2D eigenvalue weighted by atomic mass is 19.3. The van der Waals surface area contributed by atoms with Gasteiger partial charge in [0.15, 0.2) is 11.5 Å². The van der Waals surface area contributed by atoms with Crippen LogP contribution < -0.4 is 5.32 Å². The van der Waals surface area contributed by atoms with Gasteiger partial charge in [-0.05, 0) is 61.1 Å². The maximum atomic E-state index is 14.0. The van der Waals surface area contributed by atoms with E-state index in [-0.39, 0.29) is 30.8 Å². The molecule has 10 heteroatoms. The average molecular weight is 554 g/mol. The molecule has 4 aromatic rings. The van der Waals surface area contributed by atoms with Gasteiger partial charge in [0.05, 0.1) is 17.8 Å². The molecule has 2 heterocycles. The lowest BCUT2D eigenvalue weighted by atomic mass is 9.74. The molecule has 0 atom stereocenters. The quantitative estimate of drug-likeness (QED) is 0.215. The maximum absolute atomic E-state index is 14.0. The first kappa shape index (κ1) is 26.4. The lowest BCUT2D eigenvalue weighted by Gasteiger charge is -2.39. The summed E-state index contributed by atoms with van der Waals surface area (Å²) in [6.07, 6.45) is 8.70. The van der Waals surface area contributed by atoms with E-state index in [4.69, 9.17) is 17.4 Å². The molecule has 8 nitrogen and oxygen atoms in total. The number of terminal acetylenes is 1. The van der Waals surface area contributed by atoms with E-state index >= 15 is 0 Å². The molecule has 6 rings (SSSR count). The van der Waals surface area contributed by atoms with Crippen LogP contribution >= 0.6 is 0 Å².